The summed E-state index contributed by atoms with van der Waals surface area (Å²) >= 11 is 7.29. The molecular formula is C10H15ClN4S. The van der Waals surface area contributed by atoms with Crippen molar-refractivity contribution in [3.8, 4) is 0 Å². The van der Waals surface area contributed by atoms with Crippen molar-refractivity contribution < 1.29 is 0 Å². The number of aromatic nitrogens is 3. The number of halogens is 1. The molecule has 88 valence electrons. The highest BCUT2D eigenvalue weighted by Crippen LogP contribution is 2.38. The summed E-state index contributed by atoms with van der Waals surface area (Å²) in [5, 5.41) is 9.25. The standard InChI is InChI=1S/C10H15ClN4S/c1-7(4-11)6-16-10-14-13-9(5-12)15(10)8-2-3-8/h4,8H,2-3,5-6,12H2,1H3. The number of hydrogen-bond donors (Lipinski definition) is 1. The molecule has 2 rings (SSSR count). The van der Waals surface area contributed by atoms with Gasteiger partial charge in [-0.1, -0.05) is 28.9 Å². The van der Waals surface area contributed by atoms with Crippen molar-refractivity contribution in [1.82, 2.24) is 14.8 Å². The average Bonchev–Trinajstić information content (AvgIpc) is 3.06. The second-order valence-corrected chi connectivity index (χ2v) is 5.11. The van der Waals surface area contributed by atoms with Crippen molar-refractivity contribution in [1.29, 1.82) is 0 Å². The number of thioether (sulfide) groups is 1. The summed E-state index contributed by atoms with van der Waals surface area (Å²) in [5.74, 6) is 1.73. The summed E-state index contributed by atoms with van der Waals surface area (Å²) in [6.07, 6.45) is 2.42. The third-order valence-corrected chi connectivity index (χ3v) is 3.95. The van der Waals surface area contributed by atoms with Crippen LogP contribution >= 0.6 is 23.4 Å². The van der Waals surface area contributed by atoms with Gasteiger partial charge >= 0.3 is 0 Å². The number of rotatable bonds is 5. The van der Waals surface area contributed by atoms with Crippen LogP contribution in [-0.4, -0.2) is 20.5 Å². The maximum Gasteiger partial charge on any atom is 0.191 e. The van der Waals surface area contributed by atoms with Gasteiger partial charge in [0.05, 0.1) is 6.54 Å². The average molecular weight is 259 g/mol. The van der Waals surface area contributed by atoms with Gasteiger partial charge in [0, 0.05) is 17.3 Å². The Morgan fingerprint density at radius 3 is 2.94 bits per heavy atom. The van der Waals surface area contributed by atoms with E-state index in [-0.39, 0.29) is 0 Å². The fraction of sp³-hybridized carbons (Fsp3) is 0.600. The number of hydrogen-bond acceptors (Lipinski definition) is 4. The Morgan fingerprint density at radius 1 is 1.62 bits per heavy atom. The molecule has 16 heavy (non-hydrogen) atoms. The molecule has 1 aliphatic carbocycles. The van der Waals surface area contributed by atoms with Crippen molar-refractivity contribution in [2.24, 2.45) is 5.73 Å². The van der Waals surface area contributed by atoms with Crippen LogP contribution in [0.4, 0.5) is 0 Å². The van der Waals surface area contributed by atoms with E-state index in [0.717, 1.165) is 22.3 Å². The highest BCUT2D eigenvalue weighted by molar-refractivity contribution is 7.99. The molecule has 0 atom stereocenters. The smallest absolute Gasteiger partial charge is 0.191 e. The molecule has 1 aromatic heterocycles. The molecule has 0 aliphatic heterocycles. The molecule has 1 heterocycles. The van der Waals surface area contributed by atoms with E-state index < -0.39 is 0 Å². The molecule has 1 fully saturated rings. The molecule has 1 aromatic rings. The third-order valence-electron chi connectivity index (χ3n) is 2.44. The highest BCUT2D eigenvalue weighted by atomic mass is 35.5. The second kappa shape index (κ2) is 5.21. The lowest BCUT2D eigenvalue weighted by molar-refractivity contribution is 0.626. The lowest BCUT2D eigenvalue weighted by Gasteiger charge is -2.07. The van der Waals surface area contributed by atoms with Gasteiger partial charge in [-0.15, -0.1) is 10.2 Å². The zero-order chi connectivity index (χ0) is 11.5. The van der Waals surface area contributed by atoms with Crippen molar-refractivity contribution in [2.45, 2.75) is 37.5 Å². The zero-order valence-corrected chi connectivity index (χ0v) is 10.8. The third kappa shape index (κ3) is 2.59. The van der Waals surface area contributed by atoms with Crippen molar-refractivity contribution >= 4 is 23.4 Å². The van der Waals surface area contributed by atoms with Crippen LogP contribution in [-0.2, 0) is 6.54 Å². The molecule has 1 aliphatic rings. The first-order valence-corrected chi connectivity index (χ1v) is 6.71. The van der Waals surface area contributed by atoms with Gasteiger partial charge < -0.3 is 10.3 Å². The molecule has 0 saturated heterocycles. The Morgan fingerprint density at radius 2 is 2.38 bits per heavy atom. The summed E-state index contributed by atoms with van der Waals surface area (Å²) in [6, 6.07) is 0.566. The first-order chi connectivity index (χ1) is 7.76. The van der Waals surface area contributed by atoms with E-state index in [1.165, 1.54) is 12.8 Å². The second-order valence-electron chi connectivity index (χ2n) is 3.95. The van der Waals surface area contributed by atoms with E-state index in [4.69, 9.17) is 17.3 Å². The summed E-state index contributed by atoms with van der Waals surface area (Å²) in [5.41, 5.74) is 8.38. The van der Waals surface area contributed by atoms with Crippen LogP contribution < -0.4 is 5.73 Å². The van der Waals surface area contributed by atoms with Gasteiger partial charge in [0.2, 0.25) is 0 Å². The Bertz CT molecular complexity index is 398. The van der Waals surface area contributed by atoms with E-state index >= 15 is 0 Å². The highest BCUT2D eigenvalue weighted by Gasteiger charge is 2.29. The quantitative estimate of drug-likeness (QED) is 0.824. The first kappa shape index (κ1) is 12.0. The van der Waals surface area contributed by atoms with E-state index in [9.17, 15) is 0 Å². The molecule has 6 heteroatoms. The monoisotopic (exact) mass is 258 g/mol. The van der Waals surface area contributed by atoms with Gasteiger partial charge in [-0.2, -0.15) is 0 Å². The fourth-order valence-corrected chi connectivity index (χ4v) is 2.56. The molecular weight excluding hydrogens is 244 g/mol. The maximum absolute atomic E-state index is 5.65. The van der Waals surface area contributed by atoms with Crippen LogP contribution in [0.3, 0.4) is 0 Å². The van der Waals surface area contributed by atoms with E-state index in [0.29, 0.717) is 12.6 Å². The summed E-state index contributed by atoms with van der Waals surface area (Å²) < 4.78 is 2.17. The number of nitrogens with two attached hydrogens (primary N) is 1. The Kier molecular flexibility index (Phi) is 3.89. The molecule has 1 saturated carbocycles. The van der Waals surface area contributed by atoms with Crippen LogP contribution in [0.15, 0.2) is 16.3 Å². The molecule has 2 N–H and O–H groups in total. The van der Waals surface area contributed by atoms with Crippen LogP contribution in [0, 0.1) is 0 Å². The van der Waals surface area contributed by atoms with E-state index in [1.54, 1.807) is 17.3 Å². The van der Waals surface area contributed by atoms with Crippen LogP contribution in [0.5, 0.6) is 0 Å². The summed E-state index contributed by atoms with van der Waals surface area (Å²) in [4.78, 5) is 0. The topological polar surface area (TPSA) is 56.7 Å². The van der Waals surface area contributed by atoms with Crippen LogP contribution in [0.25, 0.3) is 0 Å². The minimum Gasteiger partial charge on any atom is -0.324 e. The largest absolute Gasteiger partial charge is 0.324 e. The molecule has 0 radical (unpaired) electrons. The molecule has 0 bridgehead atoms. The minimum absolute atomic E-state index is 0.453. The lowest BCUT2D eigenvalue weighted by atomic mass is 10.4. The summed E-state index contributed by atoms with van der Waals surface area (Å²) in [7, 11) is 0. The van der Waals surface area contributed by atoms with Crippen molar-refractivity contribution in [2.75, 3.05) is 5.75 Å². The Balaban J connectivity index is 2.11. The van der Waals surface area contributed by atoms with Gasteiger partial charge in [0.1, 0.15) is 5.82 Å². The predicted octanol–water partition coefficient (Wildman–Crippen LogP) is 2.31. The zero-order valence-electron chi connectivity index (χ0n) is 9.19. The van der Waals surface area contributed by atoms with Gasteiger partial charge in [-0.05, 0) is 19.8 Å². The van der Waals surface area contributed by atoms with Gasteiger partial charge in [0.15, 0.2) is 5.16 Å². The van der Waals surface area contributed by atoms with Gasteiger partial charge in [0.25, 0.3) is 0 Å². The predicted molar refractivity (Wildman–Crippen MR) is 66.5 cm³/mol. The van der Waals surface area contributed by atoms with Gasteiger partial charge in [-0.3, -0.25) is 0 Å². The molecule has 0 aromatic carbocycles. The maximum atomic E-state index is 5.65. The normalized spacial score (nSPS) is 16.8. The summed E-state index contributed by atoms with van der Waals surface area (Å²) in [6.45, 7) is 2.45. The minimum atomic E-state index is 0.453. The molecule has 0 unspecified atom stereocenters. The Labute approximate surface area is 104 Å². The molecule has 4 nitrogen and oxygen atoms in total. The SMILES string of the molecule is CC(=CCl)CSc1nnc(CN)n1C1CC1. The fourth-order valence-electron chi connectivity index (χ4n) is 1.45. The van der Waals surface area contributed by atoms with Crippen LogP contribution in [0.2, 0.25) is 0 Å². The lowest BCUT2D eigenvalue weighted by Crippen LogP contribution is -2.08. The molecule has 0 spiro atoms. The number of nitrogens with zero attached hydrogens (tertiary/aromatic N) is 3. The molecule has 0 amide bonds. The van der Waals surface area contributed by atoms with Crippen molar-refractivity contribution in [3.63, 3.8) is 0 Å². The van der Waals surface area contributed by atoms with Crippen molar-refractivity contribution in [3.05, 3.63) is 16.9 Å². The first-order valence-electron chi connectivity index (χ1n) is 5.28. The van der Waals surface area contributed by atoms with Gasteiger partial charge in [-0.25, -0.2) is 0 Å². The van der Waals surface area contributed by atoms with E-state index in [1.807, 2.05) is 6.92 Å². The Hall–Kier alpha value is -0.520. The van der Waals surface area contributed by atoms with Crippen LogP contribution in [0.1, 0.15) is 31.6 Å². The van der Waals surface area contributed by atoms with E-state index in [2.05, 4.69) is 14.8 Å².